The molecule has 0 saturated heterocycles. The topological polar surface area (TPSA) is 3.24 Å². The minimum absolute atomic E-state index is 0.269. The van der Waals surface area contributed by atoms with Crippen molar-refractivity contribution in [3.63, 3.8) is 0 Å². The third-order valence-electron chi connectivity index (χ3n) is 3.78. The van der Waals surface area contributed by atoms with Crippen LogP contribution in [0.3, 0.4) is 0 Å². The summed E-state index contributed by atoms with van der Waals surface area (Å²) in [5.74, 6) is -0.553. The van der Waals surface area contributed by atoms with Crippen LogP contribution in [0.15, 0.2) is 66.7 Å². The first kappa shape index (κ1) is 15.2. The van der Waals surface area contributed by atoms with Crippen LogP contribution in [0.1, 0.15) is 11.1 Å². The fourth-order valence-corrected chi connectivity index (χ4v) is 2.58. The standard InChI is InChI=1S/C20H17F2N/c1-14-3-8-18(9-4-14)23(19-10-5-16(21)6-11-19)20-12-7-17(22)13-15(20)2/h3-13H,1-2H3. The Morgan fingerprint density at radius 1 is 0.652 bits per heavy atom. The molecule has 0 aliphatic heterocycles. The monoisotopic (exact) mass is 309 g/mol. The zero-order chi connectivity index (χ0) is 16.4. The Kier molecular flexibility index (Phi) is 4.11. The largest absolute Gasteiger partial charge is 0.310 e. The molecule has 0 saturated carbocycles. The lowest BCUT2D eigenvalue weighted by molar-refractivity contribution is 0.626. The van der Waals surface area contributed by atoms with E-state index in [2.05, 4.69) is 0 Å². The molecular weight excluding hydrogens is 292 g/mol. The van der Waals surface area contributed by atoms with E-state index in [0.29, 0.717) is 0 Å². The molecule has 3 rings (SSSR count). The fraction of sp³-hybridized carbons (Fsp3) is 0.100. The Morgan fingerprint density at radius 3 is 1.74 bits per heavy atom. The Morgan fingerprint density at radius 2 is 1.17 bits per heavy atom. The first-order valence-corrected chi connectivity index (χ1v) is 7.43. The van der Waals surface area contributed by atoms with Gasteiger partial charge in [0.1, 0.15) is 11.6 Å². The summed E-state index contributed by atoms with van der Waals surface area (Å²) in [5.41, 5.74) is 4.60. The molecule has 0 bridgehead atoms. The number of benzene rings is 3. The summed E-state index contributed by atoms with van der Waals surface area (Å²) in [5, 5.41) is 0. The van der Waals surface area contributed by atoms with Gasteiger partial charge in [0.2, 0.25) is 0 Å². The normalized spacial score (nSPS) is 10.6. The number of rotatable bonds is 3. The van der Waals surface area contributed by atoms with E-state index >= 15 is 0 Å². The second kappa shape index (κ2) is 6.21. The van der Waals surface area contributed by atoms with E-state index in [1.807, 2.05) is 43.0 Å². The third-order valence-corrected chi connectivity index (χ3v) is 3.78. The van der Waals surface area contributed by atoms with Gasteiger partial charge in [0, 0.05) is 17.1 Å². The molecular formula is C20H17F2N. The first-order valence-electron chi connectivity index (χ1n) is 7.43. The maximum absolute atomic E-state index is 13.5. The number of nitrogens with zero attached hydrogens (tertiary/aromatic N) is 1. The summed E-state index contributed by atoms with van der Waals surface area (Å²) in [6, 6.07) is 19.0. The van der Waals surface area contributed by atoms with E-state index in [-0.39, 0.29) is 11.6 Å². The second-order valence-corrected chi connectivity index (χ2v) is 5.58. The van der Waals surface area contributed by atoms with Gasteiger partial charge in [-0.1, -0.05) is 17.7 Å². The highest BCUT2D eigenvalue weighted by Crippen LogP contribution is 2.36. The molecule has 0 N–H and O–H groups in total. The van der Waals surface area contributed by atoms with Crippen LogP contribution in [-0.4, -0.2) is 0 Å². The molecule has 0 atom stereocenters. The highest BCUT2D eigenvalue weighted by atomic mass is 19.1. The second-order valence-electron chi connectivity index (χ2n) is 5.58. The van der Waals surface area contributed by atoms with E-state index in [1.54, 1.807) is 18.2 Å². The van der Waals surface area contributed by atoms with Gasteiger partial charge >= 0.3 is 0 Å². The maximum atomic E-state index is 13.5. The van der Waals surface area contributed by atoms with Gasteiger partial charge in [-0.25, -0.2) is 8.78 Å². The molecule has 3 heteroatoms. The van der Waals surface area contributed by atoms with Gasteiger partial charge < -0.3 is 4.90 Å². The van der Waals surface area contributed by atoms with E-state index in [1.165, 1.54) is 24.3 Å². The summed E-state index contributed by atoms with van der Waals surface area (Å²) in [6.07, 6.45) is 0. The van der Waals surface area contributed by atoms with Crippen molar-refractivity contribution >= 4 is 17.1 Å². The van der Waals surface area contributed by atoms with Crippen molar-refractivity contribution in [2.45, 2.75) is 13.8 Å². The molecule has 3 aromatic rings. The van der Waals surface area contributed by atoms with Crippen LogP contribution in [0.4, 0.5) is 25.8 Å². The van der Waals surface area contributed by atoms with E-state index in [9.17, 15) is 8.78 Å². The summed E-state index contributed by atoms with van der Waals surface area (Å²) in [6.45, 7) is 3.89. The predicted octanol–water partition coefficient (Wildman–Crippen LogP) is 6.05. The zero-order valence-corrected chi connectivity index (χ0v) is 13.1. The third kappa shape index (κ3) is 3.24. The molecule has 3 aromatic carbocycles. The molecule has 0 aliphatic carbocycles. The Bertz CT molecular complexity index is 763. The smallest absolute Gasteiger partial charge is 0.123 e. The first-order chi connectivity index (χ1) is 11.0. The van der Waals surface area contributed by atoms with Crippen LogP contribution in [0.25, 0.3) is 0 Å². The molecule has 0 fully saturated rings. The molecule has 0 unspecified atom stereocenters. The Hall–Kier alpha value is -2.68. The van der Waals surface area contributed by atoms with Gasteiger partial charge in [-0.05, 0) is 74.0 Å². The van der Waals surface area contributed by atoms with Crippen molar-refractivity contribution in [3.8, 4) is 0 Å². The number of hydrogen-bond acceptors (Lipinski definition) is 1. The lowest BCUT2D eigenvalue weighted by atomic mass is 10.1. The molecule has 23 heavy (non-hydrogen) atoms. The SMILES string of the molecule is Cc1ccc(N(c2ccc(F)cc2)c2ccc(F)cc2C)cc1. The molecule has 0 heterocycles. The minimum atomic E-state index is -0.284. The van der Waals surface area contributed by atoms with Crippen LogP contribution in [0, 0.1) is 25.5 Å². The van der Waals surface area contributed by atoms with Crippen molar-refractivity contribution in [2.75, 3.05) is 4.90 Å². The van der Waals surface area contributed by atoms with Crippen molar-refractivity contribution in [3.05, 3.63) is 89.5 Å². The highest BCUT2D eigenvalue weighted by Gasteiger charge is 2.14. The summed E-state index contributed by atoms with van der Waals surface area (Å²) < 4.78 is 26.7. The van der Waals surface area contributed by atoms with E-state index < -0.39 is 0 Å². The predicted molar refractivity (Wildman–Crippen MR) is 90.5 cm³/mol. The maximum Gasteiger partial charge on any atom is 0.123 e. The van der Waals surface area contributed by atoms with Crippen molar-refractivity contribution in [1.82, 2.24) is 0 Å². The van der Waals surface area contributed by atoms with Gasteiger partial charge in [-0.3, -0.25) is 0 Å². The quantitative estimate of drug-likeness (QED) is 0.569. The molecule has 1 nitrogen and oxygen atoms in total. The van der Waals surface area contributed by atoms with Gasteiger partial charge in [0.15, 0.2) is 0 Å². The van der Waals surface area contributed by atoms with Crippen LogP contribution < -0.4 is 4.90 Å². The van der Waals surface area contributed by atoms with Gasteiger partial charge in [-0.15, -0.1) is 0 Å². The van der Waals surface area contributed by atoms with E-state index in [0.717, 1.165) is 28.2 Å². The molecule has 0 aliphatic rings. The summed E-state index contributed by atoms with van der Waals surface area (Å²) >= 11 is 0. The van der Waals surface area contributed by atoms with Gasteiger partial charge in [0.05, 0.1) is 0 Å². The van der Waals surface area contributed by atoms with Crippen LogP contribution in [-0.2, 0) is 0 Å². The van der Waals surface area contributed by atoms with Crippen LogP contribution in [0.5, 0.6) is 0 Å². The molecule has 0 aromatic heterocycles. The Balaban J connectivity index is 2.16. The van der Waals surface area contributed by atoms with E-state index in [4.69, 9.17) is 0 Å². The highest BCUT2D eigenvalue weighted by molar-refractivity contribution is 5.78. The minimum Gasteiger partial charge on any atom is -0.310 e. The summed E-state index contributed by atoms with van der Waals surface area (Å²) in [7, 11) is 0. The van der Waals surface area contributed by atoms with Crippen LogP contribution in [0.2, 0.25) is 0 Å². The summed E-state index contributed by atoms with van der Waals surface area (Å²) in [4.78, 5) is 1.99. The van der Waals surface area contributed by atoms with Crippen molar-refractivity contribution in [1.29, 1.82) is 0 Å². The van der Waals surface area contributed by atoms with Crippen LogP contribution >= 0.6 is 0 Å². The number of halogens is 2. The number of hydrogen-bond donors (Lipinski definition) is 0. The lowest BCUT2D eigenvalue weighted by Gasteiger charge is -2.27. The lowest BCUT2D eigenvalue weighted by Crippen LogP contribution is -2.11. The fourth-order valence-electron chi connectivity index (χ4n) is 2.58. The van der Waals surface area contributed by atoms with Crippen molar-refractivity contribution in [2.24, 2.45) is 0 Å². The van der Waals surface area contributed by atoms with Crippen molar-refractivity contribution < 1.29 is 8.78 Å². The molecule has 0 amide bonds. The number of aryl methyl sites for hydroxylation is 2. The molecule has 116 valence electrons. The number of anilines is 3. The zero-order valence-electron chi connectivity index (χ0n) is 13.1. The van der Waals surface area contributed by atoms with Gasteiger partial charge in [-0.2, -0.15) is 0 Å². The van der Waals surface area contributed by atoms with Gasteiger partial charge in [0.25, 0.3) is 0 Å². The Labute approximate surface area is 134 Å². The molecule has 0 radical (unpaired) electrons. The molecule has 0 spiro atoms. The average Bonchev–Trinajstić information content (AvgIpc) is 2.53. The average molecular weight is 309 g/mol.